The van der Waals surface area contributed by atoms with Gasteiger partial charge in [0.15, 0.2) is 5.78 Å². The molecule has 0 spiro atoms. The Balaban J connectivity index is 1.80. The Bertz CT molecular complexity index is 852. The van der Waals surface area contributed by atoms with E-state index >= 15 is 0 Å². The van der Waals surface area contributed by atoms with Crippen molar-refractivity contribution in [3.63, 3.8) is 0 Å². The minimum absolute atomic E-state index is 0.0671. The predicted molar refractivity (Wildman–Crippen MR) is 100 cm³/mol. The molecular formula is C21H23NO5. The number of nitrogens with zero attached hydrogens (tertiary/aromatic N) is 1. The van der Waals surface area contributed by atoms with Crippen molar-refractivity contribution in [2.75, 3.05) is 0 Å². The quantitative estimate of drug-likeness (QED) is 0.340. The van der Waals surface area contributed by atoms with Gasteiger partial charge in [0.1, 0.15) is 6.10 Å². The summed E-state index contributed by atoms with van der Waals surface area (Å²) < 4.78 is 5.77. The molecule has 6 nitrogen and oxygen atoms in total. The number of hydrogen-bond donors (Lipinski definition) is 0. The van der Waals surface area contributed by atoms with Gasteiger partial charge in [-0.05, 0) is 55.4 Å². The van der Waals surface area contributed by atoms with Crippen molar-refractivity contribution in [3.05, 3.63) is 63.2 Å². The minimum Gasteiger partial charge on any atom is -0.454 e. The lowest BCUT2D eigenvalue weighted by Crippen LogP contribution is -2.41. The fourth-order valence-corrected chi connectivity index (χ4v) is 3.99. The fourth-order valence-electron chi connectivity index (χ4n) is 3.99. The zero-order valence-corrected chi connectivity index (χ0v) is 15.7. The number of esters is 1. The van der Waals surface area contributed by atoms with E-state index < -0.39 is 10.9 Å². The smallest absolute Gasteiger partial charge is 0.338 e. The molecule has 0 aliphatic heterocycles. The van der Waals surface area contributed by atoms with Gasteiger partial charge >= 0.3 is 5.97 Å². The second kappa shape index (κ2) is 7.10. The molecule has 27 heavy (non-hydrogen) atoms. The highest BCUT2D eigenvalue weighted by Crippen LogP contribution is 2.50. The molecule has 0 unspecified atom stereocenters. The van der Waals surface area contributed by atoms with Crippen molar-refractivity contribution in [1.82, 2.24) is 0 Å². The van der Waals surface area contributed by atoms with Crippen LogP contribution < -0.4 is 0 Å². The fraction of sp³-hybridized carbons (Fsp3) is 0.429. The van der Waals surface area contributed by atoms with Crippen molar-refractivity contribution in [1.29, 1.82) is 0 Å². The Morgan fingerprint density at radius 2 is 1.89 bits per heavy atom. The van der Waals surface area contributed by atoms with Gasteiger partial charge in [0, 0.05) is 17.5 Å². The predicted octanol–water partition coefficient (Wildman–Crippen LogP) is 4.40. The number of ether oxygens (including phenoxy) is 1. The van der Waals surface area contributed by atoms with Crippen LogP contribution in [-0.2, 0) is 9.53 Å². The zero-order chi connectivity index (χ0) is 19.8. The van der Waals surface area contributed by atoms with Crippen LogP contribution in [0.1, 0.15) is 50.4 Å². The molecule has 0 heterocycles. The van der Waals surface area contributed by atoms with Gasteiger partial charge < -0.3 is 4.74 Å². The second-order valence-corrected chi connectivity index (χ2v) is 7.55. The summed E-state index contributed by atoms with van der Waals surface area (Å²) in [5, 5.41) is 10.7. The number of rotatable bonds is 4. The van der Waals surface area contributed by atoms with E-state index in [1.165, 1.54) is 24.3 Å². The van der Waals surface area contributed by atoms with Crippen LogP contribution in [0, 0.1) is 21.4 Å². The lowest BCUT2D eigenvalue weighted by Gasteiger charge is -2.45. The number of ketones is 1. The van der Waals surface area contributed by atoms with Crippen molar-refractivity contribution >= 4 is 17.4 Å². The molecule has 0 saturated heterocycles. The maximum Gasteiger partial charge on any atom is 0.338 e. The summed E-state index contributed by atoms with van der Waals surface area (Å²) in [7, 11) is 0. The van der Waals surface area contributed by atoms with Gasteiger partial charge in [-0.2, -0.15) is 0 Å². The Hall–Kier alpha value is -2.76. The van der Waals surface area contributed by atoms with Crippen LogP contribution in [0.2, 0.25) is 0 Å². The van der Waals surface area contributed by atoms with E-state index in [9.17, 15) is 19.7 Å². The number of hydrogen-bond acceptors (Lipinski definition) is 5. The summed E-state index contributed by atoms with van der Waals surface area (Å²) in [5.74, 6) is -0.0782. The molecule has 0 N–H and O–H groups in total. The molecule has 3 rings (SSSR count). The number of benzene rings is 1. The first-order chi connectivity index (χ1) is 12.7. The summed E-state index contributed by atoms with van der Waals surface area (Å²) in [5.41, 5.74) is 1.76. The number of Topliss-reactive ketones (excluding diaryl/α,β-unsaturated/α-hetero) is 1. The third-order valence-corrected chi connectivity index (χ3v) is 5.89. The average Bonchev–Trinajstić information content (AvgIpc) is 2.64. The molecule has 1 saturated carbocycles. The number of nitro groups is 1. The summed E-state index contributed by atoms with van der Waals surface area (Å²) in [6, 6.07) is 5.42. The first-order valence-corrected chi connectivity index (χ1v) is 9.11. The first kappa shape index (κ1) is 19.0. The molecule has 0 radical (unpaired) electrons. The normalized spacial score (nSPS) is 27.1. The Kier molecular flexibility index (Phi) is 5.00. The molecule has 0 amide bonds. The largest absolute Gasteiger partial charge is 0.454 e. The highest BCUT2D eigenvalue weighted by molar-refractivity contribution is 5.94. The van der Waals surface area contributed by atoms with E-state index in [0.29, 0.717) is 12.3 Å². The van der Waals surface area contributed by atoms with Crippen LogP contribution >= 0.6 is 0 Å². The molecular weight excluding hydrogens is 346 g/mol. The Labute approximate surface area is 158 Å². The number of allylic oxidation sites excluding steroid dienone is 3. The van der Waals surface area contributed by atoms with E-state index in [0.717, 1.165) is 24.0 Å². The molecule has 1 fully saturated rings. The minimum atomic E-state index is -0.505. The standard InChI is InChI=1S/C21H23NO5/c1-13-4-11-19(18-10-7-16(14(2)23)12-21(13,18)3)27-20(24)15-5-8-17(9-6-15)22(25)26/h5-6,8-10,12-13,19H,4,7,11H2,1-3H3/t13-,19+,21+/m0/s1. The molecule has 0 bridgehead atoms. The number of carbonyl (C=O) groups excluding carboxylic acids is 2. The highest BCUT2D eigenvalue weighted by atomic mass is 16.6. The van der Waals surface area contributed by atoms with Crippen LogP contribution in [0.5, 0.6) is 0 Å². The highest BCUT2D eigenvalue weighted by Gasteiger charge is 2.44. The third-order valence-electron chi connectivity index (χ3n) is 5.89. The summed E-state index contributed by atoms with van der Waals surface area (Å²) in [6.45, 7) is 5.83. The van der Waals surface area contributed by atoms with Gasteiger partial charge in [0.2, 0.25) is 0 Å². The van der Waals surface area contributed by atoms with E-state index in [2.05, 4.69) is 13.8 Å². The van der Waals surface area contributed by atoms with Crippen LogP contribution in [-0.4, -0.2) is 22.8 Å². The molecule has 0 aromatic heterocycles. The third kappa shape index (κ3) is 3.56. The number of fused-ring (bicyclic) bond motifs is 1. The van der Waals surface area contributed by atoms with E-state index in [1.807, 2.05) is 12.2 Å². The lowest BCUT2D eigenvalue weighted by atomic mass is 9.61. The Morgan fingerprint density at radius 1 is 1.22 bits per heavy atom. The molecule has 142 valence electrons. The topological polar surface area (TPSA) is 86.5 Å². The number of nitro benzene ring substituents is 1. The van der Waals surface area contributed by atoms with Gasteiger partial charge in [-0.3, -0.25) is 14.9 Å². The molecule has 1 aromatic carbocycles. The molecule has 6 heteroatoms. The van der Waals surface area contributed by atoms with Crippen molar-refractivity contribution < 1.29 is 19.2 Å². The van der Waals surface area contributed by atoms with E-state index in [-0.39, 0.29) is 28.6 Å². The molecule has 2 aliphatic carbocycles. The maximum absolute atomic E-state index is 12.5. The molecule has 3 atom stereocenters. The van der Waals surface area contributed by atoms with Gasteiger partial charge in [-0.1, -0.05) is 26.0 Å². The maximum atomic E-state index is 12.5. The van der Waals surface area contributed by atoms with E-state index in [1.54, 1.807) is 6.92 Å². The van der Waals surface area contributed by atoms with Gasteiger partial charge in [-0.25, -0.2) is 4.79 Å². The number of carbonyl (C=O) groups is 2. The average molecular weight is 369 g/mol. The molecule has 2 aliphatic rings. The zero-order valence-electron chi connectivity index (χ0n) is 15.7. The second-order valence-electron chi connectivity index (χ2n) is 7.55. The first-order valence-electron chi connectivity index (χ1n) is 9.11. The van der Waals surface area contributed by atoms with Crippen LogP contribution in [0.25, 0.3) is 0 Å². The van der Waals surface area contributed by atoms with E-state index in [4.69, 9.17) is 4.74 Å². The van der Waals surface area contributed by atoms with Crippen molar-refractivity contribution in [2.45, 2.75) is 46.1 Å². The van der Waals surface area contributed by atoms with Crippen molar-refractivity contribution in [3.8, 4) is 0 Å². The summed E-state index contributed by atoms with van der Waals surface area (Å²) in [6.07, 6.45) is 5.89. The van der Waals surface area contributed by atoms with Crippen LogP contribution in [0.4, 0.5) is 5.69 Å². The summed E-state index contributed by atoms with van der Waals surface area (Å²) in [4.78, 5) is 34.6. The van der Waals surface area contributed by atoms with Gasteiger partial charge in [0.05, 0.1) is 10.5 Å². The van der Waals surface area contributed by atoms with Gasteiger partial charge in [-0.15, -0.1) is 0 Å². The van der Waals surface area contributed by atoms with Gasteiger partial charge in [0.25, 0.3) is 5.69 Å². The van der Waals surface area contributed by atoms with Crippen molar-refractivity contribution in [2.24, 2.45) is 11.3 Å². The van der Waals surface area contributed by atoms with Crippen LogP contribution in [0.15, 0.2) is 47.6 Å². The monoisotopic (exact) mass is 369 g/mol. The lowest BCUT2D eigenvalue weighted by molar-refractivity contribution is -0.384. The SMILES string of the molecule is CC(=O)C1=C[C@@]2(C)C(=CC1)[C@H](OC(=O)c1ccc([N+](=O)[O-])cc1)CC[C@@H]2C. The van der Waals surface area contributed by atoms with Crippen LogP contribution in [0.3, 0.4) is 0 Å². The summed E-state index contributed by atoms with van der Waals surface area (Å²) >= 11 is 0. The Morgan fingerprint density at radius 3 is 2.48 bits per heavy atom. The molecule has 1 aromatic rings. The number of non-ortho nitro benzene ring substituents is 1.